The van der Waals surface area contributed by atoms with E-state index >= 15 is 0 Å². The van der Waals surface area contributed by atoms with Crippen molar-refractivity contribution in [3.05, 3.63) is 71.3 Å². The normalized spacial score (nSPS) is 18.5. The molecule has 29 heavy (non-hydrogen) atoms. The first-order chi connectivity index (χ1) is 13.9. The molecule has 6 heteroatoms. The first kappa shape index (κ1) is 20.6. The van der Waals surface area contributed by atoms with Gasteiger partial charge in [0, 0.05) is 12.1 Å². The fourth-order valence-corrected chi connectivity index (χ4v) is 3.58. The van der Waals surface area contributed by atoms with Gasteiger partial charge in [-0.25, -0.2) is 0 Å². The number of aliphatic hydroxyl groups excluding tert-OH is 1. The van der Waals surface area contributed by atoms with Gasteiger partial charge in [-0.05, 0) is 44.8 Å². The van der Waals surface area contributed by atoms with Gasteiger partial charge in [0.25, 0.3) is 11.7 Å². The number of hydrogen-bond donors (Lipinski definition) is 1. The highest BCUT2D eigenvalue weighted by atomic mass is 16.5. The number of likely N-dealkylation sites (tertiary alicyclic amines) is 1. The van der Waals surface area contributed by atoms with E-state index in [4.69, 9.17) is 4.74 Å². The minimum absolute atomic E-state index is 0.110. The van der Waals surface area contributed by atoms with Crippen molar-refractivity contribution in [2.75, 3.05) is 34.3 Å². The summed E-state index contributed by atoms with van der Waals surface area (Å²) in [4.78, 5) is 29.3. The summed E-state index contributed by atoms with van der Waals surface area (Å²) >= 11 is 0. The van der Waals surface area contributed by atoms with Crippen LogP contribution in [0.15, 0.2) is 60.2 Å². The average molecular weight is 394 g/mol. The molecule has 1 heterocycles. The Morgan fingerprint density at radius 1 is 1.10 bits per heavy atom. The molecule has 0 aliphatic carbocycles. The molecule has 1 saturated heterocycles. The maximum Gasteiger partial charge on any atom is 0.295 e. The van der Waals surface area contributed by atoms with E-state index in [-0.39, 0.29) is 11.3 Å². The summed E-state index contributed by atoms with van der Waals surface area (Å²) in [5.41, 5.74) is 1.34. The molecule has 2 aromatic rings. The van der Waals surface area contributed by atoms with Crippen LogP contribution < -0.4 is 4.74 Å². The summed E-state index contributed by atoms with van der Waals surface area (Å²) in [6.45, 7) is 1.20. The van der Waals surface area contributed by atoms with Gasteiger partial charge in [-0.3, -0.25) is 9.59 Å². The minimum atomic E-state index is -0.663. The van der Waals surface area contributed by atoms with Gasteiger partial charge >= 0.3 is 0 Å². The maximum atomic E-state index is 12.9. The number of hydrogen-bond acceptors (Lipinski definition) is 5. The molecule has 0 spiro atoms. The van der Waals surface area contributed by atoms with Crippen LogP contribution in [0.5, 0.6) is 5.75 Å². The lowest BCUT2D eigenvalue weighted by molar-refractivity contribution is -0.139. The minimum Gasteiger partial charge on any atom is -0.507 e. The molecule has 152 valence electrons. The van der Waals surface area contributed by atoms with Crippen molar-refractivity contribution >= 4 is 17.4 Å². The number of amides is 1. The second-order valence-electron chi connectivity index (χ2n) is 7.29. The third kappa shape index (κ3) is 4.32. The largest absolute Gasteiger partial charge is 0.507 e. The Balaban J connectivity index is 2.09. The summed E-state index contributed by atoms with van der Waals surface area (Å²) in [6.07, 6.45) is 0.714. The number of aliphatic hydroxyl groups is 1. The zero-order valence-electron chi connectivity index (χ0n) is 17.0. The van der Waals surface area contributed by atoms with Crippen LogP contribution in [0.3, 0.4) is 0 Å². The first-order valence-electron chi connectivity index (χ1n) is 9.56. The van der Waals surface area contributed by atoms with Gasteiger partial charge in [-0.1, -0.05) is 42.5 Å². The van der Waals surface area contributed by atoms with Crippen molar-refractivity contribution in [2.24, 2.45) is 0 Å². The Labute approximate surface area is 171 Å². The van der Waals surface area contributed by atoms with E-state index in [0.29, 0.717) is 24.3 Å². The Kier molecular flexibility index (Phi) is 6.34. The molecule has 1 N–H and O–H groups in total. The van der Waals surface area contributed by atoms with Crippen LogP contribution in [0.25, 0.3) is 5.76 Å². The highest BCUT2D eigenvalue weighted by Gasteiger charge is 2.45. The highest BCUT2D eigenvalue weighted by molar-refractivity contribution is 6.46. The second kappa shape index (κ2) is 8.92. The van der Waals surface area contributed by atoms with Crippen LogP contribution in [0.4, 0.5) is 0 Å². The molecular weight excluding hydrogens is 368 g/mol. The Morgan fingerprint density at radius 3 is 2.48 bits per heavy atom. The number of ketones is 1. The lowest BCUT2D eigenvalue weighted by Gasteiger charge is -2.26. The van der Waals surface area contributed by atoms with Crippen LogP contribution >= 0.6 is 0 Å². The summed E-state index contributed by atoms with van der Waals surface area (Å²) in [5, 5.41) is 10.9. The van der Waals surface area contributed by atoms with Crippen LogP contribution in [0.1, 0.15) is 23.6 Å². The molecule has 0 bridgehead atoms. The number of methoxy groups -OCH3 is 1. The molecule has 0 radical (unpaired) electrons. The highest BCUT2D eigenvalue weighted by Crippen LogP contribution is 2.40. The Bertz CT molecular complexity index is 921. The molecule has 6 nitrogen and oxygen atoms in total. The van der Waals surface area contributed by atoms with Crippen molar-refractivity contribution in [1.82, 2.24) is 9.80 Å². The van der Waals surface area contributed by atoms with Crippen molar-refractivity contribution in [1.29, 1.82) is 0 Å². The topological polar surface area (TPSA) is 70.1 Å². The second-order valence-corrected chi connectivity index (χ2v) is 7.29. The van der Waals surface area contributed by atoms with Crippen LogP contribution in [0, 0.1) is 0 Å². The van der Waals surface area contributed by atoms with Gasteiger partial charge in [0.15, 0.2) is 0 Å². The third-order valence-corrected chi connectivity index (χ3v) is 5.00. The number of ether oxygens (including phenoxy) is 1. The molecule has 2 aromatic carbocycles. The zero-order chi connectivity index (χ0) is 21.0. The van der Waals surface area contributed by atoms with E-state index in [9.17, 15) is 14.7 Å². The SMILES string of the molecule is COc1cccc([C@H]2/C(=C(\O)c3ccccc3)C(=O)C(=O)N2CCCN(C)C)c1. The van der Waals surface area contributed by atoms with Crippen LogP contribution in [0.2, 0.25) is 0 Å². The summed E-state index contributed by atoms with van der Waals surface area (Å²) in [5.74, 6) is -0.786. The maximum absolute atomic E-state index is 12.9. The predicted molar refractivity (Wildman–Crippen MR) is 112 cm³/mol. The number of rotatable bonds is 7. The van der Waals surface area contributed by atoms with Gasteiger partial charge in [0.05, 0.1) is 18.7 Å². The lowest BCUT2D eigenvalue weighted by Crippen LogP contribution is -2.32. The molecule has 3 rings (SSSR count). The molecule has 0 aromatic heterocycles. The van der Waals surface area contributed by atoms with E-state index in [1.165, 1.54) is 0 Å². The smallest absolute Gasteiger partial charge is 0.295 e. The molecule has 0 saturated carbocycles. The van der Waals surface area contributed by atoms with Crippen molar-refractivity contribution in [2.45, 2.75) is 12.5 Å². The standard InChI is InChI=1S/C23H26N2O4/c1-24(2)13-8-14-25-20(17-11-7-12-18(15-17)29-3)19(22(27)23(25)28)21(26)16-9-5-4-6-10-16/h4-7,9-12,15,20,26H,8,13-14H2,1-3H3/b21-19+/t20-/m0/s1. The molecule has 0 unspecified atom stereocenters. The fraction of sp³-hybridized carbons (Fsp3) is 0.304. The quantitative estimate of drug-likeness (QED) is 0.444. The lowest BCUT2D eigenvalue weighted by atomic mass is 9.95. The third-order valence-electron chi connectivity index (χ3n) is 5.00. The number of nitrogens with zero attached hydrogens (tertiary/aromatic N) is 2. The van der Waals surface area contributed by atoms with E-state index in [0.717, 1.165) is 12.1 Å². The first-order valence-corrected chi connectivity index (χ1v) is 9.56. The van der Waals surface area contributed by atoms with Crippen molar-refractivity contribution < 1.29 is 19.4 Å². The Morgan fingerprint density at radius 2 is 1.83 bits per heavy atom. The van der Waals surface area contributed by atoms with Crippen molar-refractivity contribution in [3.63, 3.8) is 0 Å². The van der Waals surface area contributed by atoms with Gasteiger partial charge in [-0.15, -0.1) is 0 Å². The van der Waals surface area contributed by atoms with E-state index in [2.05, 4.69) is 0 Å². The molecule has 1 fully saturated rings. The molecular formula is C23H26N2O4. The molecule has 1 aliphatic rings. The molecule has 1 amide bonds. The van der Waals surface area contributed by atoms with Crippen LogP contribution in [-0.4, -0.2) is 60.9 Å². The monoisotopic (exact) mass is 394 g/mol. The summed E-state index contributed by atoms with van der Waals surface area (Å²) in [6, 6.07) is 15.4. The van der Waals surface area contributed by atoms with Crippen molar-refractivity contribution in [3.8, 4) is 5.75 Å². The van der Waals surface area contributed by atoms with Gasteiger partial charge in [0.2, 0.25) is 0 Å². The van der Waals surface area contributed by atoms with Gasteiger partial charge in [-0.2, -0.15) is 0 Å². The molecule has 1 atom stereocenters. The van der Waals surface area contributed by atoms with Crippen LogP contribution in [-0.2, 0) is 9.59 Å². The number of benzene rings is 2. The van der Waals surface area contributed by atoms with Gasteiger partial charge in [0.1, 0.15) is 11.5 Å². The zero-order valence-corrected chi connectivity index (χ0v) is 17.0. The molecule has 1 aliphatic heterocycles. The van der Waals surface area contributed by atoms with E-state index in [1.54, 1.807) is 48.4 Å². The number of Topliss-reactive ketones (excluding diaryl/α,β-unsaturated/α-hetero) is 1. The van der Waals surface area contributed by atoms with Gasteiger partial charge < -0.3 is 19.6 Å². The Hall–Kier alpha value is -3.12. The number of carbonyl (C=O) groups is 2. The summed E-state index contributed by atoms with van der Waals surface area (Å²) in [7, 11) is 5.49. The van der Waals surface area contributed by atoms with E-state index < -0.39 is 17.7 Å². The average Bonchev–Trinajstić information content (AvgIpc) is 2.98. The predicted octanol–water partition coefficient (Wildman–Crippen LogP) is 3.07. The number of carbonyl (C=O) groups excluding carboxylic acids is 2. The fourth-order valence-electron chi connectivity index (χ4n) is 3.58. The summed E-state index contributed by atoms with van der Waals surface area (Å²) < 4.78 is 5.32. The van der Waals surface area contributed by atoms with E-state index in [1.807, 2.05) is 37.2 Å².